The molecule has 0 aliphatic heterocycles. The number of rotatable bonds is 7. The van der Waals surface area contributed by atoms with E-state index in [1.54, 1.807) is 0 Å². The lowest BCUT2D eigenvalue weighted by Gasteiger charge is -2.17. The largest absolute Gasteiger partial charge is 0.382 e. The maximum Gasteiger partial charge on any atom is 0.166 e. The highest BCUT2D eigenvalue weighted by atomic mass is 32.1. The van der Waals surface area contributed by atoms with E-state index in [9.17, 15) is 0 Å². The number of thiocarbonyl (C=S) groups is 1. The van der Waals surface area contributed by atoms with E-state index in [0.29, 0.717) is 5.11 Å². The molecule has 0 aliphatic carbocycles. The third kappa shape index (κ3) is 5.98. The van der Waals surface area contributed by atoms with E-state index in [1.807, 2.05) is 25.1 Å². The van der Waals surface area contributed by atoms with Gasteiger partial charge in [-0.05, 0) is 38.0 Å². The highest BCUT2D eigenvalue weighted by Gasteiger charge is 2.05. The minimum absolute atomic E-state index is 0.220. The Morgan fingerprint density at radius 2 is 2.06 bits per heavy atom. The molecule has 0 saturated carbocycles. The predicted molar refractivity (Wildman–Crippen MR) is 79.7 cm³/mol. The Morgan fingerprint density at radius 1 is 1.33 bits per heavy atom. The van der Waals surface area contributed by atoms with E-state index in [4.69, 9.17) is 17.0 Å². The van der Waals surface area contributed by atoms with Crippen molar-refractivity contribution in [2.24, 2.45) is 0 Å². The summed E-state index contributed by atoms with van der Waals surface area (Å²) in [5, 5.41) is 7.15. The van der Waals surface area contributed by atoms with Crippen LogP contribution >= 0.6 is 12.2 Å². The smallest absolute Gasteiger partial charge is 0.166 e. The molecule has 0 saturated heterocycles. The zero-order valence-electron chi connectivity index (χ0n) is 11.1. The van der Waals surface area contributed by atoms with Gasteiger partial charge in [0, 0.05) is 19.8 Å². The predicted octanol–water partition coefficient (Wildman–Crippen LogP) is 2.64. The lowest BCUT2D eigenvalue weighted by molar-refractivity contribution is 0.145. The van der Waals surface area contributed by atoms with Crippen molar-refractivity contribution in [1.29, 1.82) is 0 Å². The molecule has 1 aromatic carbocycles. The van der Waals surface area contributed by atoms with Crippen LogP contribution in [0.1, 0.15) is 31.9 Å². The Morgan fingerprint density at radius 3 is 2.72 bits per heavy atom. The van der Waals surface area contributed by atoms with Gasteiger partial charge in [-0.15, -0.1) is 0 Å². The van der Waals surface area contributed by atoms with Gasteiger partial charge < -0.3 is 15.4 Å². The highest BCUT2D eigenvalue weighted by molar-refractivity contribution is 7.80. The third-order valence-corrected chi connectivity index (χ3v) is 2.86. The van der Waals surface area contributed by atoms with E-state index in [2.05, 4.69) is 29.7 Å². The van der Waals surface area contributed by atoms with Gasteiger partial charge in [-0.3, -0.25) is 0 Å². The fourth-order valence-corrected chi connectivity index (χ4v) is 1.87. The molecule has 1 aromatic rings. The molecule has 18 heavy (non-hydrogen) atoms. The fourth-order valence-electron chi connectivity index (χ4n) is 1.59. The van der Waals surface area contributed by atoms with Crippen LogP contribution in [0.4, 0.5) is 0 Å². The molecule has 2 N–H and O–H groups in total. The maximum atomic E-state index is 5.26. The van der Waals surface area contributed by atoms with E-state index >= 15 is 0 Å². The van der Waals surface area contributed by atoms with Crippen molar-refractivity contribution in [3.05, 3.63) is 35.9 Å². The van der Waals surface area contributed by atoms with Crippen molar-refractivity contribution < 1.29 is 4.74 Å². The van der Waals surface area contributed by atoms with Crippen LogP contribution in [0.5, 0.6) is 0 Å². The summed E-state index contributed by atoms with van der Waals surface area (Å²) in [6, 6.07) is 10.5. The second-order valence-corrected chi connectivity index (χ2v) is 4.49. The molecular formula is C14H22N2OS. The molecule has 100 valence electrons. The van der Waals surface area contributed by atoms with Crippen molar-refractivity contribution in [2.45, 2.75) is 26.3 Å². The summed E-state index contributed by atoms with van der Waals surface area (Å²) in [4.78, 5) is 0. The van der Waals surface area contributed by atoms with Gasteiger partial charge in [-0.1, -0.05) is 30.3 Å². The van der Waals surface area contributed by atoms with Crippen molar-refractivity contribution >= 4 is 17.3 Å². The normalized spacial score (nSPS) is 11.9. The van der Waals surface area contributed by atoms with E-state index in [1.165, 1.54) is 5.56 Å². The molecular weight excluding hydrogens is 244 g/mol. The highest BCUT2D eigenvalue weighted by Crippen LogP contribution is 2.10. The third-order valence-electron chi connectivity index (χ3n) is 2.60. The standard InChI is InChI=1S/C14H22N2OS/c1-3-17-11-7-10-15-14(18)16-12(2)13-8-5-4-6-9-13/h4-6,8-9,12H,3,7,10-11H2,1-2H3,(H2,15,16,18). The molecule has 1 unspecified atom stereocenters. The second kappa shape index (κ2) is 8.89. The number of ether oxygens (including phenoxy) is 1. The van der Waals surface area contributed by atoms with Crippen LogP contribution in [0.2, 0.25) is 0 Å². The number of benzene rings is 1. The second-order valence-electron chi connectivity index (χ2n) is 4.08. The van der Waals surface area contributed by atoms with Crippen LogP contribution in [0.3, 0.4) is 0 Å². The van der Waals surface area contributed by atoms with Crippen LogP contribution < -0.4 is 10.6 Å². The van der Waals surface area contributed by atoms with E-state index in [-0.39, 0.29) is 6.04 Å². The van der Waals surface area contributed by atoms with E-state index in [0.717, 1.165) is 26.2 Å². The average molecular weight is 266 g/mol. The average Bonchev–Trinajstić information content (AvgIpc) is 2.39. The lowest BCUT2D eigenvalue weighted by atomic mass is 10.1. The Hall–Kier alpha value is -1.13. The minimum atomic E-state index is 0.220. The Kier molecular flexibility index (Phi) is 7.37. The molecule has 0 heterocycles. The molecule has 0 fully saturated rings. The van der Waals surface area contributed by atoms with E-state index < -0.39 is 0 Å². The minimum Gasteiger partial charge on any atom is -0.382 e. The van der Waals surface area contributed by atoms with Gasteiger partial charge in [0.25, 0.3) is 0 Å². The SMILES string of the molecule is CCOCCCNC(=S)NC(C)c1ccccc1. The summed E-state index contributed by atoms with van der Waals surface area (Å²) in [5.74, 6) is 0. The Bertz CT molecular complexity index is 343. The number of hydrogen-bond acceptors (Lipinski definition) is 2. The van der Waals surface area contributed by atoms with Gasteiger partial charge in [0.2, 0.25) is 0 Å². The zero-order valence-corrected chi connectivity index (χ0v) is 11.9. The fraction of sp³-hybridized carbons (Fsp3) is 0.500. The summed E-state index contributed by atoms with van der Waals surface area (Å²) in [6.45, 7) is 6.49. The van der Waals surface area contributed by atoms with Crippen LogP contribution in [-0.2, 0) is 4.74 Å². The Labute approximate surface area is 115 Å². The number of hydrogen-bond donors (Lipinski definition) is 2. The van der Waals surface area contributed by atoms with Crippen molar-refractivity contribution in [3.8, 4) is 0 Å². The monoisotopic (exact) mass is 266 g/mol. The first kappa shape index (κ1) is 14.9. The molecule has 0 radical (unpaired) electrons. The quantitative estimate of drug-likeness (QED) is 0.587. The lowest BCUT2D eigenvalue weighted by Crippen LogP contribution is -2.37. The summed E-state index contributed by atoms with van der Waals surface area (Å²) in [7, 11) is 0. The molecule has 1 rings (SSSR count). The van der Waals surface area contributed by atoms with Gasteiger partial charge >= 0.3 is 0 Å². The first-order valence-electron chi connectivity index (χ1n) is 6.41. The molecule has 0 spiro atoms. The van der Waals surface area contributed by atoms with Crippen molar-refractivity contribution in [3.63, 3.8) is 0 Å². The summed E-state index contributed by atoms with van der Waals surface area (Å²) < 4.78 is 5.26. The number of nitrogens with one attached hydrogen (secondary N) is 2. The molecule has 0 bridgehead atoms. The Balaban J connectivity index is 2.20. The van der Waals surface area contributed by atoms with Gasteiger partial charge in [-0.2, -0.15) is 0 Å². The van der Waals surface area contributed by atoms with Crippen molar-refractivity contribution in [1.82, 2.24) is 10.6 Å². The maximum absolute atomic E-state index is 5.26. The molecule has 3 nitrogen and oxygen atoms in total. The van der Waals surface area contributed by atoms with Gasteiger partial charge in [0.1, 0.15) is 0 Å². The summed E-state index contributed by atoms with van der Waals surface area (Å²) >= 11 is 5.25. The summed E-state index contributed by atoms with van der Waals surface area (Å²) in [5.41, 5.74) is 1.23. The molecule has 0 amide bonds. The molecule has 4 heteroatoms. The molecule has 0 aromatic heterocycles. The van der Waals surface area contributed by atoms with Crippen LogP contribution in [0, 0.1) is 0 Å². The summed E-state index contributed by atoms with van der Waals surface area (Å²) in [6.07, 6.45) is 0.968. The first-order chi connectivity index (χ1) is 8.74. The topological polar surface area (TPSA) is 33.3 Å². The van der Waals surface area contributed by atoms with Crippen LogP contribution in [-0.4, -0.2) is 24.9 Å². The van der Waals surface area contributed by atoms with Crippen LogP contribution in [0.15, 0.2) is 30.3 Å². The van der Waals surface area contributed by atoms with Gasteiger partial charge in [0.15, 0.2) is 5.11 Å². The van der Waals surface area contributed by atoms with Gasteiger partial charge in [0.05, 0.1) is 6.04 Å². The zero-order chi connectivity index (χ0) is 13.2. The van der Waals surface area contributed by atoms with Crippen molar-refractivity contribution in [2.75, 3.05) is 19.8 Å². The van der Waals surface area contributed by atoms with Gasteiger partial charge in [-0.25, -0.2) is 0 Å². The molecule has 1 atom stereocenters. The van der Waals surface area contributed by atoms with Crippen LogP contribution in [0.25, 0.3) is 0 Å². The molecule has 0 aliphatic rings. The first-order valence-corrected chi connectivity index (χ1v) is 6.82.